The molecule has 2 aromatic carbocycles. The standard InChI is InChI=1S/C23H24N2O4S/c1-16-8-9-19(12-17(16)2)22-13-21(24-29-22)23(26)25(14-18-6-4-3-5-7-18)20-10-11-30(27,28)15-20/h3-9,12-13,20H,10-11,14-15H2,1-2H3/t20-/m1/s1. The maximum absolute atomic E-state index is 13.3. The summed E-state index contributed by atoms with van der Waals surface area (Å²) >= 11 is 0. The van der Waals surface area contributed by atoms with E-state index in [1.165, 1.54) is 5.56 Å². The summed E-state index contributed by atoms with van der Waals surface area (Å²) in [4.78, 5) is 14.9. The molecule has 1 aliphatic heterocycles. The molecule has 1 amide bonds. The molecule has 4 rings (SSSR count). The van der Waals surface area contributed by atoms with Gasteiger partial charge in [0.05, 0.1) is 11.5 Å². The Labute approximate surface area is 176 Å². The van der Waals surface area contributed by atoms with E-state index >= 15 is 0 Å². The van der Waals surface area contributed by atoms with Gasteiger partial charge in [-0.25, -0.2) is 8.42 Å². The van der Waals surface area contributed by atoms with Gasteiger partial charge < -0.3 is 9.42 Å². The number of aryl methyl sites for hydroxylation is 2. The number of sulfone groups is 1. The van der Waals surface area contributed by atoms with Crippen LogP contribution in [0.15, 0.2) is 59.1 Å². The Balaban J connectivity index is 1.63. The maximum Gasteiger partial charge on any atom is 0.276 e. The topological polar surface area (TPSA) is 80.5 Å². The second-order valence-corrected chi connectivity index (χ2v) is 10.1. The third-order valence-electron chi connectivity index (χ3n) is 5.63. The number of aromatic nitrogens is 1. The van der Waals surface area contributed by atoms with E-state index < -0.39 is 9.84 Å². The minimum Gasteiger partial charge on any atom is -0.355 e. The van der Waals surface area contributed by atoms with Gasteiger partial charge in [-0.1, -0.05) is 47.6 Å². The number of hydrogen-bond donors (Lipinski definition) is 0. The first-order valence-electron chi connectivity index (χ1n) is 9.92. The highest BCUT2D eigenvalue weighted by atomic mass is 32.2. The molecule has 0 radical (unpaired) electrons. The van der Waals surface area contributed by atoms with Crippen LogP contribution in [0.5, 0.6) is 0 Å². The number of benzene rings is 2. The van der Waals surface area contributed by atoms with E-state index in [2.05, 4.69) is 5.16 Å². The van der Waals surface area contributed by atoms with E-state index in [-0.39, 0.29) is 29.1 Å². The van der Waals surface area contributed by atoms with Gasteiger partial charge in [-0.05, 0) is 43.0 Å². The lowest BCUT2D eigenvalue weighted by Gasteiger charge is -2.27. The SMILES string of the molecule is Cc1ccc(-c2cc(C(=O)N(Cc3ccccc3)[C@@H]3CCS(=O)(=O)C3)no2)cc1C. The fraction of sp³-hybridized carbons (Fsp3) is 0.304. The molecule has 1 atom stereocenters. The van der Waals surface area contributed by atoms with Gasteiger partial charge in [0, 0.05) is 24.2 Å². The first-order valence-corrected chi connectivity index (χ1v) is 11.7. The molecule has 0 aliphatic carbocycles. The molecule has 1 saturated heterocycles. The Hall–Kier alpha value is -2.93. The quantitative estimate of drug-likeness (QED) is 0.623. The van der Waals surface area contributed by atoms with Crippen LogP contribution in [0.25, 0.3) is 11.3 Å². The first-order chi connectivity index (χ1) is 14.3. The predicted octanol–water partition coefficient (Wildman–Crippen LogP) is 3.79. The lowest BCUT2D eigenvalue weighted by Crippen LogP contribution is -2.40. The van der Waals surface area contributed by atoms with Crippen molar-refractivity contribution >= 4 is 15.7 Å². The Bertz CT molecular complexity index is 1170. The molecule has 1 aromatic heterocycles. The fourth-order valence-corrected chi connectivity index (χ4v) is 5.45. The summed E-state index contributed by atoms with van der Waals surface area (Å²) < 4.78 is 29.5. The maximum atomic E-state index is 13.3. The molecule has 0 unspecified atom stereocenters. The van der Waals surface area contributed by atoms with Crippen LogP contribution < -0.4 is 0 Å². The summed E-state index contributed by atoms with van der Waals surface area (Å²) in [6.07, 6.45) is 0.433. The number of carbonyl (C=O) groups excluding carboxylic acids is 1. The predicted molar refractivity (Wildman–Crippen MR) is 115 cm³/mol. The molecule has 3 aromatic rings. The first kappa shape index (κ1) is 20.3. The average Bonchev–Trinajstić information content (AvgIpc) is 3.35. The summed E-state index contributed by atoms with van der Waals surface area (Å²) in [6.45, 7) is 4.38. The zero-order chi connectivity index (χ0) is 21.3. The summed E-state index contributed by atoms with van der Waals surface area (Å²) in [6, 6.07) is 16.7. The van der Waals surface area contributed by atoms with Crippen molar-refractivity contribution in [3.8, 4) is 11.3 Å². The molecule has 0 saturated carbocycles. The summed E-state index contributed by atoms with van der Waals surface area (Å²) in [5, 5.41) is 4.00. The molecule has 2 heterocycles. The number of rotatable bonds is 5. The molecule has 0 N–H and O–H groups in total. The van der Waals surface area contributed by atoms with Crippen LogP contribution >= 0.6 is 0 Å². The van der Waals surface area contributed by atoms with E-state index in [0.717, 1.165) is 16.7 Å². The molecule has 0 bridgehead atoms. The molecule has 7 heteroatoms. The van der Waals surface area contributed by atoms with Crippen LogP contribution in [0.2, 0.25) is 0 Å². The van der Waals surface area contributed by atoms with E-state index in [1.54, 1.807) is 11.0 Å². The van der Waals surface area contributed by atoms with Crippen LogP contribution in [0, 0.1) is 13.8 Å². The fourth-order valence-electron chi connectivity index (χ4n) is 3.72. The van der Waals surface area contributed by atoms with E-state index in [4.69, 9.17) is 4.52 Å². The van der Waals surface area contributed by atoms with Crippen LogP contribution in [0.4, 0.5) is 0 Å². The zero-order valence-electron chi connectivity index (χ0n) is 17.0. The van der Waals surface area contributed by atoms with Gasteiger partial charge in [-0.3, -0.25) is 4.79 Å². The Morgan fingerprint density at radius 3 is 2.53 bits per heavy atom. The zero-order valence-corrected chi connectivity index (χ0v) is 17.9. The third kappa shape index (κ3) is 4.31. The summed E-state index contributed by atoms with van der Waals surface area (Å²) in [5.41, 5.74) is 4.27. The normalized spacial score (nSPS) is 17.7. The summed E-state index contributed by atoms with van der Waals surface area (Å²) in [5.74, 6) is 0.274. The Morgan fingerprint density at radius 1 is 1.10 bits per heavy atom. The van der Waals surface area contributed by atoms with Gasteiger partial charge in [0.1, 0.15) is 0 Å². The van der Waals surface area contributed by atoms with Gasteiger partial charge >= 0.3 is 0 Å². The lowest BCUT2D eigenvalue weighted by molar-refractivity contribution is 0.0670. The second kappa shape index (κ2) is 8.07. The summed E-state index contributed by atoms with van der Waals surface area (Å²) in [7, 11) is -3.13. The van der Waals surface area contributed by atoms with Crippen molar-refractivity contribution in [2.45, 2.75) is 32.9 Å². The van der Waals surface area contributed by atoms with Crippen molar-refractivity contribution < 1.29 is 17.7 Å². The van der Waals surface area contributed by atoms with Crippen LogP contribution in [0.3, 0.4) is 0 Å². The van der Waals surface area contributed by atoms with Gasteiger partial charge in [-0.15, -0.1) is 0 Å². The van der Waals surface area contributed by atoms with E-state index in [1.807, 2.05) is 62.4 Å². The third-order valence-corrected chi connectivity index (χ3v) is 7.38. The van der Waals surface area contributed by atoms with Gasteiger partial charge in [-0.2, -0.15) is 0 Å². The van der Waals surface area contributed by atoms with Crippen molar-refractivity contribution in [1.82, 2.24) is 10.1 Å². The molecule has 6 nitrogen and oxygen atoms in total. The highest BCUT2D eigenvalue weighted by molar-refractivity contribution is 7.91. The molecule has 1 fully saturated rings. The van der Waals surface area contributed by atoms with Crippen molar-refractivity contribution in [2.24, 2.45) is 0 Å². The molecular formula is C23H24N2O4S. The number of amides is 1. The van der Waals surface area contributed by atoms with Crippen LogP contribution in [-0.2, 0) is 16.4 Å². The molecule has 1 aliphatic rings. The van der Waals surface area contributed by atoms with Gasteiger partial charge in [0.25, 0.3) is 5.91 Å². The Morgan fingerprint density at radius 2 is 1.87 bits per heavy atom. The lowest BCUT2D eigenvalue weighted by atomic mass is 10.0. The molecule has 0 spiro atoms. The van der Waals surface area contributed by atoms with E-state index in [0.29, 0.717) is 18.7 Å². The highest BCUT2D eigenvalue weighted by Gasteiger charge is 2.36. The van der Waals surface area contributed by atoms with E-state index in [9.17, 15) is 13.2 Å². The van der Waals surface area contributed by atoms with Crippen molar-refractivity contribution in [2.75, 3.05) is 11.5 Å². The largest absolute Gasteiger partial charge is 0.355 e. The smallest absolute Gasteiger partial charge is 0.276 e. The van der Waals surface area contributed by atoms with Crippen molar-refractivity contribution in [1.29, 1.82) is 0 Å². The molecule has 30 heavy (non-hydrogen) atoms. The number of hydrogen-bond acceptors (Lipinski definition) is 5. The minimum absolute atomic E-state index is 0.0204. The van der Waals surface area contributed by atoms with Crippen LogP contribution in [-0.4, -0.2) is 41.9 Å². The van der Waals surface area contributed by atoms with Crippen molar-refractivity contribution in [3.63, 3.8) is 0 Å². The van der Waals surface area contributed by atoms with Crippen LogP contribution in [0.1, 0.15) is 33.6 Å². The van der Waals surface area contributed by atoms with Gasteiger partial charge in [0.15, 0.2) is 21.3 Å². The highest BCUT2D eigenvalue weighted by Crippen LogP contribution is 2.26. The number of carbonyl (C=O) groups is 1. The van der Waals surface area contributed by atoms with Gasteiger partial charge in [0.2, 0.25) is 0 Å². The second-order valence-electron chi connectivity index (χ2n) is 7.85. The molecule has 156 valence electrons. The monoisotopic (exact) mass is 424 g/mol. The molecular weight excluding hydrogens is 400 g/mol. The average molecular weight is 425 g/mol. The number of nitrogens with zero attached hydrogens (tertiary/aromatic N) is 2. The Kier molecular flexibility index (Phi) is 5.47. The minimum atomic E-state index is -3.13. The van der Waals surface area contributed by atoms with Crippen molar-refractivity contribution in [3.05, 3.63) is 77.0 Å².